The first kappa shape index (κ1) is 7.56. The summed E-state index contributed by atoms with van der Waals surface area (Å²) >= 11 is 0. The molecule has 0 heterocycles. The van der Waals surface area contributed by atoms with Gasteiger partial charge in [-0.2, -0.15) is 0 Å². The lowest BCUT2D eigenvalue weighted by atomic mass is 10.2. The largest absolute Gasteiger partial charge is 0.419 e. The normalized spacial score (nSPS) is 10.9. The average Bonchev–Trinajstić information content (AvgIpc) is 1.94. The van der Waals surface area contributed by atoms with Crippen molar-refractivity contribution in [1.29, 1.82) is 0 Å². The number of hydrogen-bond donors (Lipinski definition) is 1. The molecular formula is C7H13NSi2. The summed E-state index contributed by atoms with van der Waals surface area (Å²) in [4.78, 5) is 3.48. The van der Waals surface area contributed by atoms with Crippen molar-refractivity contribution in [2.75, 3.05) is 4.98 Å². The van der Waals surface area contributed by atoms with E-state index in [2.05, 4.69) is 36.2 Å². The molecule has 0 aliphatic rings. The van der Waals surface area contributed by atoms with Crippen molar-refractivity contribution in [3.8, 4) is 0 Å². The number of aryl methyl sites for hydroxylation is 1. The van der Waals surface area contributed by atoms with Gasteiger partial charge in [-0.1, -0.05) is 18.2 Å². The lowest BCUT2D eigenvalue weighted by molar-refractivity contribution is 1.47. The Morgan fingerprint density at radius 2 is 2.10 bits per heavy atom. The third-order valence-electron chi connectivity index (χ3n) is 1.51. The molecule has 0 saturated carbocycles. The molecule has 54 valence electrons. The molecule has 0 spiro atoms. The second-order valence-corrected chi connectivity index (χ2v) is 5.53. The predicted octanol–water partition coefficient (Wildman–Crippen LogP) is -0.229. The van der Waals surface area contributed by atoms with Gasteiger partial charge < -0.3 is 4.98 Å². The average molecular weight is 167 g/mol. The van der Waals surface area contributed by atoms with Crippen molar-refractivity contribution < 1.29 is 0 Å². The summed E-state index contributed by atoms with van der Waals surface area (Å²) in [7, 11) is 1.43. The first-order valence-electron chi connectivity index (χ1n) is 3.64. The van der Waals surface area contributed by atoms with E-state index < -0.39 is 0 Å². The molecule has 3 heteroatoms. The summed E-state index contributed by atoms with van der Waals surface area (Å²) in [6.07, 6.45) is 0. The summed E-state index contributed by atoms with van der Waals surface area (Å²) in [5.74, 6) is 0. The van der Waals surface area contributed by atoms with E-state index in [0.29, 0.717) is 0 Å². The Kier molecular flexibility index (Phi) is 2.71. The van der Waals surface area contributed by atoms with Crippen LogP contribution in [0.1, 0.15) is 5.56 Å². The first-order valence-corrected chi connectivity index (χ1v) is 10.0. The van der Waals surface area contributed by atoms with Gasteiger partial charge in [0.15, 0.2) is 0 Å². The van der Waals surface area contributed by atoms with Crippen LogP contribution >= 0.6 is 0 Å². The van der Waals surface area contributed by atoms with Gasteiger partial charge >= 0.3 is 0 Å². The van der Waals surface area contributed by atoms with Gasteiger partial charge in [0, 0.05) is 15.4 Å². The standard InChI is InChI=1S/C7H13NSi2/c1-6-4-2-3-5-7(6)8-10-9/h2-5,8H,10H2,1,9H3. The predicted molar refractivity (Wildman–Crippen MR) is 53.3 cm³/mol. The molecule has 0 atom stereocenters. The highest BCUT2D eigenvalue weighted by Crippen LogP contribution is 2.11. The first-order chi connectivity index (χ1) is 4.84. The van der Waals surface area contributed by atoms with Crippen LogP contribution in [0, 0.1) is 6.92 Å². The molecule has 10 heavy (non-hydrogen) atoms. The van der Waals surface area contributed by atoms with Crippen molar-refractivity contribution in [3.05, 3.63) is 29.8 Å². The van der Waals surface area contributed by atoms with Crippen molar-refractivity contribution in [2.24, 2.45) is 0 Å². The fraction of sp³-hybridized carbons (Fsp3) is 0.143. The van der Waals surface area contributed by atoms with Crippen LogP contribution in [-0.4, -0.2) is 19.0 Å². The summed E-state index contributed by atoms with van der Waals surface area (Å²) in [5, 5.41) is 0. The Balaban J connectivity index is 2.81. The van der Waals surface area contributed by atoms with Crippen LogP contribution in [0.3, 0.4) is 0 Å². The SMILES string of the molecule is Cc1ccccc1N[SiH2][SiH3]. The van der Waals surface area contributed by atoms with Crippen LogP contribution in [0.2, 0.25) is 0 Å². The lowest BCUT2D eigenvalue weighted by Crippen LogP contribution is -2.06. The molecule has 1 aromatic carbocycles. The van der Waals surface area contributed by atoms with Crippen LogP contribution in [0.25, 0.3) is 0 Å². The minimum absolute atomic E-state index is 0.0832. The number of hydrogen-bond acceptors (Lipinski definition) is 1. The molecule has 0 saturated heterocycles. The van der Waals surface area contributed by atoms with Gasteiger partial charge in [-0.15, -0.1) is 0 Å². The topological polar surface area (TPSA) is 12.0 Å². The van der Waals surface area contributed by atoms with Gasteiger partial charge in [0.1, 0.15) is 0 Å². The number of rotatable bonds is 2. The molecule has 0 bridgehead atoms. The number of nitrogens with one attached hydrogen (secondary N) is 1. The lowest BCUT2D eigenvalue weighted by Gasteiger charge is -2.04. The van der Waals surface area contributed by atoms with Gasteiger partial charge in [-0.3, -0.25) is 0 Å². The Hall–Kier alpha value is -0.546. The van der Waals surface area contributed by atoms with Gasteiger partial charge in [-0.25, -0.2) is 0 Å². The molecule has 0 unspecified atom stereocenters. The van der Waals surface area contributed by atoms with Crippen molar-refractivity contribution in [3.63, 3.8) is 0 Å². The summed E-state index contributed by atoms with van der Waals surface area (Å²) in [6, 6.07) is 8.46. The monoisotopic (exact) mass is 167 g/mol. The minimum Gasteiger partial charge on any atom is -0.419 e. The number of anilines is 1. The molecule has 0 aliphatic heterocycles. The zero-order valence-electron chi connectivity index (χ0n) is 6.52. The van der Waals surface area contributed by atoms with E-state index in [9.17, 15) is 0 Å². The maximum absolute atomic E-state index is 3.48. The van der Waals surface area contributed by atoms with E-state index in [1.165, 1.54) is 21.0 Å². The van der Waals surface area contributed by atoms with Crippen molar-refractivity contribution in [2.45, 2.75) is 6.92 Å². The van der Waals surface area contributed by atoms with Gasteiger partial charge in [0.25, 0.3) is 0 Å². The van der Waals surface area contributed by atoms with E-state index in [-0.39, 0.29) is 9.20 Å². The molecule has 0 aromatic heterocycles. The van der Waals surface area contributed by atoms with Crippen molar-refractivity contribution in [1.82, 2.24) is 0 Å². The second kappa shape index (κ2) is 3.58. The third-order valence-corrected chi connectivity index (χ3v) is 3.31. The van der Waals surface area contributed by atoms with E-state index in [4.69, 9.17) is 0 Å². The van der Waals surface area contributed by atoms with E-state index in [1.807, 2.05) is 0 Å². The molecule has 0 fully saturated rings. The number of benzene rings is 1. The summed E-state index contributed by atoms with van der Waals surface area (Å²) < 4.78 is 0. The highest BCUT2D eigenvalue weighted by Gasteiger charge is 1.90. The maximum Gasteiger partial charge on any atom is 0.0995 e. The zero-order chi connectivity index (χ0) is 7.40. The van der Waals surface area contributed by atoms with Gasteiger partial charge in [-0.05, 0) is 18.6 Å². The van der Waals surface area contributed by atoms with Gasteiger partial charge in [0.2, 0.25) is 0 Å². The highest BCUT2D eigenvalue weighted by molar-refractivity contribution is 6.91. The molecule has 1 rings (SSSR count). The van der Waals surface area contributed by atoms with Crippen LogP contribution in [0.5, 0.6) is 0 Å². The zero-order valence-corrected chi connectivity index (χ0v) is 9.93. The number of para-hydroxylation sites is 1. The van der Waals surface area contributed by atoms with E-state index >= 15 is 0 Å². The van der Waals surface area contributed by atoms with Crippen LogP contribution < -0.4 is 4.98 Å². The Morgan fingerprint density at radius 3 is 2.70 bits per heavy atom. The Bertz CT molecular complexity index is 213. The molecule has 1 N–H and O–H groups in total. The van der Waals surface area contributed by atoms with Crippen LogP contribution in [0.4, 0.5) is 5.69 Å². The highest BCUT2D eigenvalue weighted by atomic mass is 29.1. The molecule has 1 aromatic rings. The van der Waals surface area contributed by atoms with Crippen molar-refractivity contribution >= 4 is 24.6 Å². The second-order valence-electron chi connectivity index (χ2n) is 2.35. The molecule has 0 amide bonds. The van der Waals surface area contributed by atoms with E-state index in [0.717, 1.165) is 0 Å². The molecule has 1 nitrogen and oxygen atoms in total. The van der Waals surface area contributed by atoms with Crippen LogP contribution in [0.15, 0.2) is 24.3 Å². The van der Waals surface area contributed by atoms with E-state index in [1.54, 1.807) is 0 Å². The Labute approximate surface area is 67.0 Å². The summed E-state index contributed by atoms with van der Waals surface area (Å²) in [6.45, 7) is 2.15. The smallest absolute Gasteiger partial charge is 0.0995 e. The summed E-state index contributed by atoms with van der Waals surface area (Å²) in [5.41, 5.74) is 2.70. The third kappa shape index (κ3) is 1.72. The quantitative estimate of drug-likeness (QED) is 0.600. The Morgan fingerprint density at radius 1 is 1.40 bits per heavy atom. The minimum atomic E-state index is 0.0832. The maximum atomic E-state index is 3.48. The fourth-order valence-corrected chi connectivity index (χ4v) is 2.88. The molecule has 0 aliphatic carbocycles. The van der Waals surface area contributed by atoms with Crippen LogP contribution in [-0.2, 0) is 0 Å². The molecular weight excluding hydrogens is 154 g/mol. The molecule has 0 radical (unpaired) electrons. The van der Waals surface area contributed by atoms with Gasteiger partial charge in [0.05, 0.1) is 9.20 Å². The fourth-order valence-electron chi connectivity index (χ4n) is 0.962.